The quantitative estimate of drug-likeness (QED) is 0.482. The lowest BCUT2D eigenvalue weighted by atomic mass is 10.1. The SMILES string of the molecule is CC(C)(C)[Si](C)(C)OCCn1ccc(-c2nn(C3CCCCO3)c3ccc(O)cc23)c1. The number of benzene rings is 1. The van der Waals surface area contributed by atoms with Gasteiger partial charge in [-0.1, -0.05) is 20.8 Å². The van der Waals surface area contributed by atoms with E-state index in [4.69, 9.17) is 14.3 Å². The van der Waals surface area contributed by atoms with Crippen molar-refractivity contribution in [2.24, 2.45) is 0 Å². The van der Waals surface area contributed by atoms with E-state index >= 15 is 0 Å². The number of phenols is 1. The van der Waals surface area contributed by atoms with Crippen molar-refractivity contribution < 1.29 is 14.3 Å². The van der Waals surface area contributed by atoms with E-state index in [1.807, 2.05) is 10.7 Å². The zero-order valence-electron chi connectivity index (χ0n) is 19.4. The molecule has 3 aromatic rings. The molecule has 1 unspecified atom stereocenters. The Kier molecular flexibility index (Phi) is 6.03. The highest BCUT2D eigenvalue weighted by Crippen LogP contribution is 2.37. The van der Waals surface area contributed by atoms with Gasteiger partial charge >= 0.3 is 0 Å². The minimum Gasteiger partial charge on any atom is -0.508 e. The molecule has 1 aromatic carbocycles. The van der Waals surface area contributed by atoms with E-state index in [0.717, 1.165) is 54.6 Å². The van der Waals surface area contributed by atoms with Crippen LogP contribution in [0.2, 0.25) is 18.1 Å². The second kappa shape index (κ2) is 8.45. The summed E-state index contributed by atoms with van der Waals surface area (Å²) in [4.78, 5) is 0. The lowest BCUT2D eigenvalue weighted by Gasteiger charge is -2.36. The van der Waals surface area contributed by atoms with Crippen molar-refractivity contribution in [3.8, 4) is 17.0 Å². The lowest BCUT2D eigenvalue weighted by Crippen LogP contribution is -2.41. The summed E-state index contributed by atoms with van der Waals surface area (Å²) in [7, 11) is -1.75. The number of rotatable bonds is 6. The Balaban J connectivity index is 1.57. The van der Waals surface area contributed by atoms with Crippen molar-refractivity contribution in [1.29, 1.82) is 0 Å². The van der Waals surface area contributed by atoms with Crippen LogP contribution in [0, 0.1) is 0 Å². The van der Waals surface area contributed by atoms with Gasteiger partial charge in [0, 0.05) is 36.5 Å². The number of phenolic OH excluding ortho intramolecular Hbond substituents is 1. The fraction of sp³-hybridized carbons (Fsp3) is 0.542. The summed E-state index contributed by atoms with van der Waals surface area (Å²) in [5, 5.41) is 16.2. The Morgan fingerprint density at radius 2 is 2.03 bits per heavy atom. The molecule has 1 fully saturated rings. The molecule has 4 rings (SSSR count). The third-order valence-electron chi connectivity index (χ3n) is 6.76. The van der Waals surface area contributed by atoms with Crippen LogP contribution in [-0.4, -0.2) is 41.0 Å². The van der Waals surface area contributed by atoms with E-state index in [0.29, 0.717) is 6.61 Å². The molecule has 2 aromatic heterocycles. The molecule has 0 radical (unpaired) electrons. The molecular formula is C24H35N3O3Si. The molecule has 1 aliphatic rings. The third kappa shape index (κ3) is 4.59. The lowest BCUT2D eigenvalue weighted by molar-refractivity contribution is -0.0365. The first-order valence-corrected chi connectivity index (χ1v) is 14.2. The van der Waals surface area contributed by atoms with Gasteiger partial charge in [-0.25, -0.2) is 4.68 Å². The van der Waals surface area contributed by atoms with Crippen molar-refractivity contribution in [3.63, 3.8) is 0 Å². The Hall–Kier alpha value is -2.09. The van der Waals surface area contributed by atoms with Crippen LogP contribution in [0.25, 0.3) is 22.2 Å². The van der Waals surface area contributed by atoms with Crippen molar-refractivity contribution >= 4 is 19.2 Å². The van der Waals surface area contributed by atoms with Crippen molar-refractivity contribution in [1.82, 2.24) is 14.3 Å². The summed E-state index contributed by atoms with van der Waals surface area (Å²) in [6, 6.07) is 7.54. The highest BCUT2D eigenvalue weighted by Gasteiger charge is 2.36. The molecule has 1 aliphatic heterocycles. The summed E-state index contributed by atoms with van der Waals surface area (Å²) in [5.74, 6) is 0.250. The van der Waals surface area contributed by atoms with E-state index in [1.165, 1.54) is 0 Å². The van der Waals surface area contributed by atoms with Crippen molar-refractivity contribution in [2.45, 2.75) is 70.9 Å². The summed E-state index contributed by atoms with van der Waals surface area (Å²) < 4.78 is 16.5. The van der Waals surface area contributed by atoms with Crippen LogP contribution in [0.4, 0.5) is 0 Å². The maximum absolute atomic E-state index is 10.1. The minimum absolute atomic E-state index is 0.0467. The second-order valence-electron chi connectivity index (χ2n) is 10.1. The van der Waals surface area contributed by atoms with Gasteiger partial charge in [0.15, 0.2) is 14.5 Å². The molecule has 0 saturated carbocycles. The molecule has 1 atom stereocenters. The van der Waals surface area contributed by atoms with Crippen LogP contribution in [0.1, 0.15) is 46.3 Å². The fourth-order valence-corrected chi connectivity index (χ4v) is 4.86. The van der Waals surface area contributed by atoms with Crippen LogP contribution in [0.3, 0.4) is 0 Å². The van der Waals surface area contributed by atoms with Crippen molar-refractivity contribution in [3.05, 3.63) is 36.7 Å². The van der Waals surface area contributed by atoms with Gasteiger partial charge in [-0.3, -0.25) is 0 Å². The van der Waals surface area contributed by atoms with Crippen LogP contribution in [0.15, 0.2) is 36.7 Å². The molecule has 168 valence electrons. The number of hydrogen-bond donors (Lipinski definition) is 1. The number of aromatic nitrogens is 3. The second-order valence-corrected chi connectivity index (χ2v) is 14.9. The molecule has 3 heterocycles. The average molecular weight is 442 g/mol. The van der Waals surface area contributed by atoms with Gasteiger partial charge in [-0.15, -0.1) is 0 Å². The van der Waals surface area contributed by atoms with Crippen LogP contribution < -0.4 is 0 Å². The predicted molar refractivity (Wildman–Crippen MR) is 127 cm³/mol. The summed E-state index contributed by atoms with van der Waals surface area (Å²) in [6.07, 6.45) is 7.35. The van der Waals surface area contributed by atoms with E-state index in [9.17, 15) is 5.11 Å². The summed E-state index contributed by atoms with van der Waals surface area (Å²) in [6.45, 7) is 13.6. The molecule has 0 amide bonds. The normalized spacial score (nSPS) is 18.0. The smallest absolute Gasteiger partial charge is 0.192 e. The molecule has 0 bridgehead atoms. The molecule has 0 aliphatic carbocycles. The van der Waals surface area contributed by atoms with E-state index in [-0.39, 0.29) is 17.0 Å². The van der Waals surface area contributed by atoms with Crippen LogP contribution >= 0.6 is 0 Å². The van der Waals surface area contributed by atoms with Gasteiger partial charge in [0.25, 0.3) is 0 Å². The standard InChI is InChI=1S/C24H35N3O3Si/c1-24(2,3)31(4,5)30-15-13-26-12-11-18(17-26)23-20-16-19(28)9-10-21(20)27(25-23)22-8-6-7-14-29-22/h9-12,16-17,22,28H,6-8,13-15H2,1-5H3. The molecule has 6 nitrogen and oxygen atoms in total. The van der Waals surface area contributed by atoms with Gasteiger partial charge in [0.2, 0.25) is 0 Å². The third-order valence-corrected chi connectivity index (χ3v) is 11.3. The molecule has 7 heteroatoms. The molecule has 31 heavy (non-hydrogen) atoms. The zero-order chi connectivity index (χ0) is 22.2. The number of fused-ring (bicyclic) bond motifs is 1. The first-order valence-electron chi connectivity index (χ1n) is 11.3. The summed E-state index contributed by atoms with van der Waals surface area (Å²) in [5.41, 5.74) is 2.91. The first-order chi connectivity index (χ1) is 14.7. The molecule has 0 spiro atoms. The Labute approximate surface area is 185 Å². The topological polar surface area (TPSA) is 61.4 Å². The fourth-order valence-electron chi connectivity index (χ4n) is 3.82. The molecule has 1 saturated heterocycles. The molecule has 1 N–H and O–H groups in total. The Bertz CT molecular complexity index is 1040. The zero-order valence-corrected chi connectivity index (χ0v) is 20.4. The minimum atomic E-state index is -1.75. The number of aromatic hydroxyl groups is 1. The first kappa shape index (κ1) is 22.1. The maximum atomic E-state index is 10.1. The monoisotopic (exact) mass is 441 g/mol. The van der Waals surface area contributed by atoms with E-state index in [2.05, 4.69) is 56.9 Å². The van der Waals surface area contributed by atoms with Gasteiger partial charge in [-0.2, -0.15) is 5.10 Å². The van der Waals surface area contributed by atoms with Crippen LogP contribution in [0.5, 0.6) is 5.75 Å². The largest absolute Gasteiger partial charge is 0.508 e. The number of ether oxygens (including phenoxy) is 1. The van der Waals surface area contributed by atoms with Gasteiger partial charge < -0.3 is 18.8 Å². The highest BCUT2D eigenvalue weighted by atomic mass is 28.4. The average Bonchev–Trinajstić information content (AvgIpc) is 3.32. The summed E-state index contributed by atoms with van der Waals surface area (Å²) >= 11 is 0. The van der Waals surface area contributed by atoms with Gasteiger partial charge in [-0.05, 0) is 61.7 Å². The van der Waals surface area contributed by atoms with Gasteiger partial charge in [0.05, 0.1) is 12.1 Å². The number of nitrogens with zero attached hydrogens (tertiary/aromatic N) is 3. The van der Waals surface area contributed by atoms with Crippen molar-refractivity contribution in [2.75, 3.05) is 13.2 Å². The Morgan fingerprint density at radius 1 is 1.23 bits per heavy atom. The van der Waals surface area contributed by atoms with Gasteiger partial charge in [0.1, 0.15) is 11.4 Å². The number of hydrogen-bond acceptors (Lipinski definition) is 4. The van der Waals surface area contributed by atoms with E-state index in [1.54, 1.807) is 12.1 Å². The highest BCUT2D eigenvalue weighted by molar-refractivity contribution is 6.74. The predicted octanol–water partition coefficient (Wildman–Crippen LogP) is 5.93. The Morgan fingerprint density at radius 3 is 2.74 bits per heavy atom. The molecular weight excluding hydrogens is 406 g/mol. The maximum Gasteiger partial charge on any atom is 0.192 e. The van der Waals surface area contributed by atoms with E-state index < -0.39 is 8.32 Å². The van der Waals surface area contributed by atoms with Crippen LogP contribution in [-0.2, 0) is 15.7 Å².